The van der Waals surface area contributed by atoms with Gasteiger partial charge in [-0.2, -0.15) is 18.4 Å². The lowest BCUT2D eigenvalue weighted by Gasteiger charge is -2.25. The van der Waals surface area contributed by atoms with Gasteiger partial charge in [-0.1, -0.05) is 23.2 Å². The van der Waals surface area contributed by atoms with E-state index in [0.717, 1.165) is 0 Å². The Bertz CT molecular complexity index is 197. The van der Waals surface area contributed by atoms with Crippen molar-refractivity contribution in [3.63, 3.8) is 0 Å². The molecule has 0 amide bonds. The first-order chi connectivity index (χ1) is 5.06. The van der Waals surface area contributed by atoms with Crippen LogP contribution >= 0.6 is 23.2 Å². The lowest BCUT2D eigenvalue weighted by atomic mass is 10.1. The predicted octanol–water partition coefficient (Wildman–Crippen LogP) is 2.88. The van der Waals surface area contributed by atoms with Gasteiger partial charge in [0.25, 0.3) is 0 Å². The van der Waals surface area contributed by atoms with Gasteiger partial charge in [-0.3, -0.25) is 0 Å². The lowest BCUT2D eigenvalue weighted by molar-refractivity contribution is -0.223. The molecule has 0 aromatic carbocycles. The Morgan fingerprint density at radius 2 is 1.33 bits per heavy atom. The molecule has 0 fully saturated rings. The zero-order valence-corrected chi connectivity index (χ0v) is 6.60. The Kier molecular flexibility index (Phi) is 2.82. The molecule has 1 nitrogen and oxygen atoms in total. The maximum atomic E-state index is 12.4. The Morgan fingerprint density at radius 3 is 1.33 bits per heavy atom. The zero-order valence-electron chi connectivity index (χ0n) is 5.09. The van der Waals surface area contributed by atoms with Gasteiger partial charge in [0.05, 0.1) is 0 Å². The van der Waals surface area contributed by atoms with E-state index in [9.17, 15) is 22.0 Å². The predicted molar refractivity (Wildman–Crippen MR) is 31.1 cm³/mol. The fourth-order valence-corrected chi connectivity index (χ4v) is 0.586. The van der Waals surface area contributed by atoms with Gasteiger partial charge < -0.3 is 0 Å². The molecule has 8 heteroatoms. The Morgan fingerprint density at radius 1 is 1.00 bits per heavy atom. The van der Waals surface area contributed by atoms with E-state index in [1.165, 1.54) is 0 Å². The summed E-state index contributed by atoms with van der Waals surface area (Å²) in [7, 11) is 0. The second-order valence-corrected chi connectivity index (χ2v) is 3.00. The van der Waals surface area contributed by atoms with Gasteiger partial charge in [-0.05, 0) is 0 Å². The molecule has 0 aliphatic heterocycles. The van der Waals surface area contributed by atoms with Gasteiger partial charge in [-0.25, -0.2) is 8.78 Å². The van der Waals surface area contributed by atoms with Crippen molar-refractivity contribution in [1.82, 2.24) is 0 Å². The monoisotopic (exact) mass is 227 g/mol. The minimum absolute atomic E-state index is 0.0278. The lowest BCUT2D eigenvalue weighted by Crippen LogP contribution is -2.50. The van der Waals surface area contributed by atoms with E-state index in [0.29, 0.717) is 0 Å². The van der Waals surface area contributed by atoms with Crippen LogP contribution in [0.5, 0.6) is 0 Å². The molecular formula is C4Cl2F5N. The van der Waals surface area contributed by atoms with Gasteiger partial charge in [-0.15, -0.1) is 0 Å². The molecule has 0 aliphatic rings. The van der Waals surface area contributed by atoms with Crippen LogP contribution in [0.25, 0.3) is 0 Å². The van der Waals surface area contributed by atoms with Crippen LogP contribution in [0.1, 0.15) is 0 Å². The molecule has 0 rings (SSSR count). The van der Waals surface area contributed by atoms with Crippen molar-refractivity contribution in [2.75, 3.05) is 0 Å². The summed E-state index contributed by atoms with van der Waals surface area (Å²) in [6.07, 6.45) is -5.78. The van der Waals surface area contributed by atoms with Gasteiger partial charge in [0, 0.05) is 0 Å². The topological polar surface area (TPSA) is 23.8 Å². The second-order valence-electron chi connectivity index (χ2n) is 1.77. The number of rotatable bonds is 1. The molecule has 1 unspecified atom stereocenters. The summed E-state index contributed by atoms with van der Waals surface area (Å²) in [5, 5.41) is 7.70. The average Bonchev–Trinajstić information content (AvgIpc) is 1.81. The van der Waals surface area contributed by atoms with Gasteiger partial charge in [0.2, 0.25) is 0 Å². The van der Waals surface area contributed by atoms with E-state index in [1.54, 1.807) is 0 Å². The number of hydrogen-bond donors (Lipinski definition) is 0. The van der Waals surface area contributed by atoms with Crippen molar-refractivity contribution in [2.24, 2.45) is 0 Å². The maximum Gasteiger partial charge on any atom is 0.442 e. The molecule has 0 bridgehead atoms. The molecule has 0 N–H and O–H groups in total. The molecule has 12 heavy (non-hydrogen) atoms. The fraction of sp³-hybridized carbons (Fsp3) is 0.750. The van der Waals surface area contributed by atoms with Crippen molar-refractivity contribution in [3.8, 4) is 6.07 Å². The van der Waals surface area contributed by atoms with Crippen molar-refractivity contribution in [1.29, 1.82) is 5.26 Å². The van der Waals surface area contributed by atoms with Crippen LogP contribution in [0, 0.1) is 11.3 Å². The highest BCUT2D eigenvalue weighted by Gasteiger charge is 2.70. The molecule has 70 valence electrons. The van der Waals surface area contributed by atoms with Crippen molar-refractivity contribution in [2.45, 2.75) is 16.4 Å². The first kappa shape index (κ1) is 11.7. The molecule has 0 saturated carbocycles. The van der Waals surface area contributed by atoms with Crippen molar-refractivity contribution in [3.05, 3.63) is 0 Å². The van der Waals surface area contributed by atoms with Crippen LogP contribution in [0.2, 0.25) is 0 Å². The van der Waals surface area contributed by atoms with Crippen molar-refractivity contribution >= 4 is 23.2 Å². The molecular weight excluding hydrogens is 228 g/mol. The van der Waals surface area contributed by atoms with E-state index in [4.69, 9.17) is 5.26 Å². The van der Waals surface area contributed by atoms with E-state index in [-0.39, 0.29) is 6.07 Å². The summed E-state index contributed by atoms with van der Waals surface area (Å²) >= 11 is 8.41. The summed E-state index contributed by atoms with van der Waals surface area (Å²) < 4.78 is 55.0. The van der Waals surface area contributed by atoms with E-state index < -0.39 is 16.4 Å². The highest BCUT2D eigenvalue weighted by atomic mass is 35.5. The molecule has 0 aromatic rings. The molecule has 0 aliphatic carbocycles. The Balaban J connectivity index is 5.14. The zero-order chi connectivity index (χ0) is 10.2. The summed E-state index contributed by atoms with van der Waals surface area (Å²) in [6, 6.07) is 0.0278. The fourth-order valence-electron chi connectivity index (χ4n) is 0.287. The van der Waals surface area contributed by atoms with Crippen molar-refractivity contribution < 1.29 is 22.0 Å². The molecule has 0 aromatic heterocycles. The standard InChI is InChI=1S/C4Cl2F5N/c5-3(6,8)2(7,1-12)4(9,10)11. The number of nitrogens with zero attached hydrogens (tertiary/aromatic N) is 1. The highest BCUT2D eigenvalue weighted by Crippen LogP contribution is 2.48. The third-order valence-electron chi connectivity index (χ3n) is 0.935. The summed E-state index contributed by atoms with van der Waals surface area (Å²) in [5.41, 5.74) is -4.91. The quantitative estimate of drug-likeness (QED) is 0.500. The minimum Gasteiger partial charge on any atom is -0.210 e. The number of alkyl halides is 7. The average molecular weight is 228 g/mol. The van der Waals surface area contributed by atoms with Crippen LogP contribution in [0.4, 0.5) is 22.0 Å². The first-order valence-corrected chi connectivity index (χ1v) is 3.05. The normalized spacial score (nSPS) is 18.2. The highest BCUT2D eigenvalue weighted by molar-refractivity contribution is 6.48. The molecule has 0 heterocycles. The van der Waals surface area contributed by atoms with Crippen LogP contribution in [0.15, 0.2) is 0 Å². The molecule has 1 atom stereocenters. The minimum atomic E-state index is -5.78. The van der Waals surface area contributed by atoms with Crippen LogP contribution in [0.3, 0.4) is 0 Å². The molecule has 0 saturated heterocycles. The molecule has 0 spiro atoms. The van der Waals surface area contributed by atoms with Gasteiger partial charge >= 0.3 is 16.4 Å². The maximum absolute atomic E-state index is 12.4. The summed E-state index contributed by atoms with van der Waals surface area (Å²) in [5.74, 6) is 0. The van der Waals surface area contributed by atoms with E-state index in [2.05, 4.69) is 23.2 Å². The van der Waals surface area contributed by atoms with Crippen LogP contribution in [-0.4, -0.2) is 16.4 Å². The van der Waals surface area contributed by atoms with E-state index >= 15 is 0 Å². The van der Waals surface area contributed by atoms with Gasteiger partial charge in [0.15, 0.2) is 0 Å². The SMILES string of the molecule is N#CC(F)(C(F)(F)F)C(F)(Cl)Cl. The summed E-state index contributed by atoms with van der Waals surface area (Å²) in [6.45, 7) is 0. The molecule has 0 radical (unpaired) electrons. The number of nitriles is 1. The smallest absolute Gasteiger partial charge is 0.210 e. The Hall–Kier alpha value is -0.280. The van der Waals surface area contributed by atoms with Crippen LogP contribution in [-0.2, 0) is 0 Å². The first-order valence-electron chi connectivity index (χ1n) is 2.30. The number of hydrogen-bond acceptors (Lipinski definition) is 1. The third kappa shape index (κ3) is 1.72. The number of halogens is 7. The second kappa shape index (κ2) is 2.89. The largest absolute Gasteiger partial charge is 0.442 e. The Labute approximate surface area is 73.7 Å². The third-order valence-corrected chi connectivity index (χ3v) is 1.46. The summed E-state index contributed by atoms with van der Waals surface area (Å²) in [4.78, 5) is 0. The van der Waals surface area contributed by atoms with Crippen LogP contribution < -0.4 is 0 Å². The van der Waals surface area contributed by atoms with Gasteiger partial charge in [0.1, 0.15) is 6.07 Å². The van der Waals surface area contributed by atoms with E-state index in [1.807, 2.05) is 0 Å².